The summed E-state index contributed by atoms with van der Waals surface area (Å²) in [5.74, 6) is 0.533. The van der Waals surface area contributed by atoms with E-state index in [-0.39, 0.29) is 5.78 Å². The molecule has 0 atom stereocenters. The minimum absolute atomic E-state index is 0.188. The van der Waals surface area contributed by atoms with Gasteiger partial charge in [0.1, 0.15) is 5.75 Å². The van der Waals surface area contributed by atoms with Gasteiger partial charge in [-0.1, -0.05) is 23.2 Å². The van der Waals surface area contributed by atoms with E-state index >= 15 is 0 Å². The molecule has 0 unspecified atom stereocenters. The first-order chi connectivity index (χ1) is 11.1. The predicted octanol–water partition coefficient (Wildman–Crippen LogP) is 5.17. The van der Waals surface area contributed by atoms with E-state index in [4.69, 9.17) is 27.9 Å². The Kier molecular flexibility index (Phi) is 4.51. The predicted molar refractivity (Wildman–Crippen MR) is 92.8 cm³/mol. The van der Waals surface area contributed by atoms with Crippen LogP contribution in [0.25, 0.3) is 10.9 Å². The number of fused-ring (bicyclic) bond motifs is 1. The molecule has 0 amide bonds. The number of rotatable bonds is 4. The molecular formula is C18H13Cl2NO2. The molecule has 3 aromatic rings. The number of hydrogen-bond acceptors (Lipinski definition) is 3. The van der Waals surface area contributed by atoms with Crippen LogP contribution in [-0.2, 0) is 0 Å². The fraction of sp³-hybridized carbons (Fsp3) is 0.111. The maximum atomic E-state index is 12.7. The topological polar surface area (TPSA) is 39.2 Å². The van der Waals surface area contributed by atoms with Crippen LogP contribution in [0.4, 0.5) is 0 Å². The van der Waals surface area contributed by atoms with Crippen LogP contribution in [0.3, 0.4) is 0 Å². The summed E-state index contributed by atoms with van der Waals surface area (Å²) in [4.78, 5) is 17.0. The van der Waals surface area contributed by atoms with Crippen molar-refractivity contribution in [2.75, 3.05) is 6.61 Å². The standard InChI is InChI=1S/C18H13Cl2NO2/c1-2-23-13-6-3-11(4-7-13)18(22)15-10-21-16-8-5-12(19)9-14(16)17(15)20/h3-10H,2H2,1H3. The van der Waals surface area contributed by atoms with E-state index in [9.17, 15) is 4.79 Å². The fourth-order valence-electron chi connectivity index (χ4n) is 2.32. The van der Waals surface area contributed by atoms with Crippen LogP contribution in [0.15, 0.2) is 48.7 Å². The van der Waals surface area contributed by atoms with E-state index in [1.165, 1.54) is 6.20 Å². The molecule has 5 heteroatoms. The zero-order valence-corrected chi connectivity index (χ0v) is 13.9. The summed E-state index contributed by atoms with van der Waals surface area (Å²) in [5, 5.41) is 1.57. The second-order valence-electron chi connectivity index (χ2n) is 4.93. The number of carbonyl (C=O) groups excluding carboxylic acids is 1. The van der Waals surface area contributed by atoms with E-state index in [1.807, 2.05) is 6.92 Å². The van der Waals surface area contributed by atoms with Gasteiger partial charge < -0.3 is 4.74 Å². The lowest BCUT2D eigenvalue weighted by Crippen LogP contribution is -2.03. The first-order valence-corrected chi connectivity index (χ1v) is 7.87. The van der Waals surface area contributed by atoms with E-state index in [0.29, 0.717) is 38.7 Å². The summed E-state index contributed by atoms with van der Waals surface area (Å²) in [6, 6.07) is 12.2. The van der Waals surface area contributed by atoms with E-state index in [2.05, 4.69) is 4.98 Å². The molecule has 2 aromatic carbocycles. The molecule has 0 N–H and O–H groups in total. The second kappa shape index (κ2) is 6.57. The zero-order chi connectivity index (χ0) is 16.4. The lowest BCUT2D eigenvalue weighted by molar-refractivity contribution is 0.103. The Morgan fingerprint density at radius 3 is 2.57 bits per heavy atom. The summed E-state index contributed by atoms with van der Waals surface area (Å²) >= 11 is 12.4. The van der Waals surface area contributed by atoms with Gasteiger partial charge in [0.15, 0.2) is 5.78 Å². The molecule has 0 aliphatic rings. The molecule has 0 radical (unpaired) electrons. The molecule has 0 spiro atoms. The van der Waals surface area contributed by atoms with Gasteiger partial charge in [-0.2, -0.15) is 0 Å². The molecule has 1 heterocycles. The third-order valence-corrected chi connectivity index (χ3v) is 4.08. The lowest BCUT2D eigenvalue weighted by Gasteiger charge is -2.08. The van der Waals surface area contributed by atoms with Crippen molar-refractivity contribution in [3.63, 3.8) is 0 Å². The summed E-state index contributed by atoms with van der Waals surface area (Å²) in [7, 11) is 0. The minimum Gasteiger partial charge on any atom is -0.494 e. The highest BCUT2D eigenvalue weighted by atomic mass is 35.5. The SMILES string of the molecule is CCOc1ccc(C(=O)c2cnc3ccc(Cl)cc3c2Cl)cc1. The molecule has 0 aliphatic heterocycles. The quantitative estimate of drug-likeness (QED) is 0.612. The lowest BCUT2D eigenvalue weighted by atomic mass is 10.0. The van der Waals surface area contributed by atoms with Gasteiger partial charge in [0, 0.05) is 22.2 Å². The molecule has 3 rings (SSSR count). The van der Waals surface area contributed by atoms with E-state index < -0.39 is 0 Å². The van der Waals surface area contributed by atoms with Crippen LogP contribution in [0.5, 0.6) is 5.75 Å². The van der Waals surface area contributed by atoms with Crippen molar-refractivity contribution in [3.8, 4) is 5.75 Å². The van der Waals surface area contributed by atoms with Crippen LogP contribution < -0.4 is 4.74 Å². The Labute approximate surface area is 143 Å². The highest BCUT2D eigenvalue weighted by Crippen LogP contribution is 2.29. The van der Waals surface area contributed by atoms with Crippen molar-refractivity contribution in [3.05, 3.63) is 69.8 Å². The number of benzene rings is 2. The Morgan fingerprint density at radius 1 is 1.13 bits per heavy atom. The fourth-order valence-corrected chi connectivity index (χ4v) is 2.77. The Bertz CT molecular complexity index is 876. The molecule has 23 heavy (non-hydrogen) atoms. The zero-order valence-electron chi connectivity index (χ0n) is 12.3. The monoisotopic (exact) mass is 345 g/mol. The molecule has 1 aromatic heterocycles. The first kappa shape index (κ1) is 15.8. The second-order valence-corrected chi connectivity index (χ2v) is 5.75. The van der Waals surface area contributed by atoms with Crippen molar-refractivity contribution < 1.29 is 9.53 Å². The van der Waals surface area contributed by atoms with Gasteiger partial charge in [-0.25, -0.2) is 0 Å². The van der Waals surface area contributed by atoms with Crippen molar-refractivity contribution >= 4 is 39.9 Å². The number of nitrogens with zero attached hydrogens (tertiary/aromatic N) is 1. The van der Waals surface area contributed by atoms with Gasteiger partial charge in [-0.15, -0.1) is 0 Å². The normalized spacial score (nSPS) is 10.7. The highest BCUT2D eigenvalue weighted by Gasteiger charge is 2.16. The number of pyridine rings is 1. The average Bonchev–Trinajstić information content (AvgIpc) is 2.56. The Hall–Kier alpha value is -2.10. The molecule has 0 aliphatic carbocycles. The van der Waals surface area contributed by atoms with Gasteiger partial charge in [0.2, 0.25) is 0 Å². The van der Waals surface area contributed by atoms with Crippen LogP contribution in [0.1, 0.15) is 22.8 Å². The van der Waals surface area contributed by atoms with Crippen LogP contribution in [0.2, 0.25) is 10.0 Å². The van der Waals surface area contributed by atoms with Crippen molar-refractivity contribution in [1.82, 2.24) is 4.98 Å². The number of halogens is 2. The number of ether oxygens (including phenoxy) is 1. The van der Waals surface area contributed by atoms with E-state index in [1.54, 1.807) is 42.5 Å². The summed E-state index contributed by atoms with van der Waals surface area (Å²) < 4.78 is 5.38. The molecule has 0 bridgehead atoms. The van der Waals surface area contributed by atoms with Gasteiger partial charge in [0.05, 0.1) is 22.7 Å². The van der Waals surface area contributed by atoms with E-state index in [0.717, 1.165) is 5.75 Å². The maximum Gasteiger partial charge on any atom is 0.196 e. The number of ketones is 1. The molecular weight excluding hydrogens is 333 g/mol. The first-order valence-electron chi connectivity index (χ1n) is 7.11. The van der Waals surface area contributed by atoms with Gasteiger partial charge in [-0.3, -0.25) is 9.78 Å². The Balaban J connectivity index is 2.02. The van der Waals surface area contributed by atoms with Gasteiger partial charge in [-0.05, 0) is 49.4 Å². The van der Waals surface area contributed by atoms with Crippen LogP contribution in [0, 0.1) is 0 Å². The summed E-state index contributed by atoms with van der Waals surface area (Å²) in [5.41, 5.74) is 1.58. The van der Waals surface area contributed by atoms with Gasteiger partial charge >= 0.3 is 0 Å². The van der Waals surface area contributed by atoms with Crippen molar-refractivity contribution in [1.29, 1.82) is 0 Å². The number of carbonyl (C=O) groups is 1. The molecule has 0 fully saturated rings. The number of aromatic nitrogens is 1. The number of hydrogen-bond donors (Lipinski definition) is 0. The van der Waals surface area contributed by atoms with Gasteiger partial charge in [0.25, 0.3) is 0 Å². The largest absolute Gasteiger partial charge is 0.494 e. The third-order valence-electron chi connectivity index (χ3n) is 3.44. The van der Waals surface area contributed by atoms with Crippen molar-refractivity contribution in [2.24, 2.45) is 0 Å². The maximum absolute atomic E-state index is 12.7. The summed E-state index contributed by atoms with van der Waals surface area (Å²) in [6.45, 7) is 2.49. The molecule has 0 saturated carbocycles. The smallest absolute Gasteiger partial charge is 0.196 e. The molecule has 116 valence electrons. The Morgan fingerprint density at radius 2 is 1.87 bits per heavy atom. The molecule has 0 saturated heterocycles. The minimum atomic E-state index is -0.188. The van der Waals surface area contributed by atoms with Crippen LogP contribution in [-0.4, -0.2) is 17.4 Å². The average molecular weight is 346 g/mol. The highest BCUT2D eigenvalue weighted by molar-refractivity contribution is 6.40. The molecule has 3 nitrogen and oxygen atoms in total. The van der Waals surface area contributed by atoms with Crippen molar-refractivity contribution in [2.45, 2.75) is 6.92 Å². The summed E-state index contributed by atoms with van der Waals surface area (Å²) in [6.07, 6.45) is 1.50. The third kappa shape index (κ3) is 3.16. The van der Waals surface area contributed by atoms with Crippen LogP contribution >= 0.6 is 23.2 Å².